The van der Waals surface area contributed by atoms with Gasteiger partial charge in [-0.25, -0.2) is 9.97 Å². The molecule has 0 saturated heterocycles. The largest absolute Gasteiger partial charge is 0.377 e. The van der Waals surface area contributed by atoms with E-state index in [1.165, 1.54) is 0 Å². The van der Waals surface area contributed by atoms with Crippen molar-refractivity contribution in [1.82, 2.24) is 20.3 Å². The maximum absolute atomic E-state index is 12.3. The van der Waals surface area contributed by atoms with E-state index in [0.29, 0.717) is 12.1 Å². The summed E-state index contributed by atoms with van der Waals surface area (Å²) in [5.74, 6) is 0.781. The number of methoxy groups -OCH3 is 1. The van der Waals surface area contributed by atoms with Crippen molar-refractivity contribution < 1.29 is 9.53 Å². The van der Waals surface area contributed by atoms with Crippen molar-refractivity contribution in [3.05, 3.63) is 83.8 Å². The summed E-state index contributed by atoms with van der Waals surface area (Å²) in [6, 6.07) is 17.9. The minimum absolute atomic E-state index is 0. The molecule has 0 aliphatic heterocycles. The molecule has 1 unspecified atom stereocenters. The fourth-order valence-electron chi connectivity index (χ4n) is 3.97. The highest BCUT2D eigenvalue weighted by molar-refractivity contribution is 7.59. The second-order valence-corrected chi connectivity index (χ2v) is 8.25. The monoisotopic (exact) mass is 489 g/mol. The second-order valence-electron chi connectivity index (χ2n) is 8.25. The molecule has 7 nitrogen and oxygen atoms in total. The van der Waals surface area contributed by atoms with Gasteiger partial charge >= 0.3 is 0 Å². The Bertz CT molecular complexity index is 1300. The lowest BCUT2D eigenvalue weighted by Crippen LogP contribution is -2.18. The lowest BCUT2D eigenvalue weighted by atomic mass is 9.96. The number of carbonyl (C=O) groups is 1. The van der Waals surface area contributed by atoms with E-state index in [4.69, 9.17) is 4.74 Å². The average molecular weight is 490 g/mol. The standard InChI is InChI=1S/C27H29N5O2.H2S/c1-17(21-6-5-7-22-23(27(33)28-3)12-13-29-26(21)22)15-30-25-14-24(31-16-32-25)20-10-8-19(9-11-20)18(2)34-4;/h5-14,16-18H,15H2,1-4H3,(H,28,33)(H,30,31,32);1H2/t17-,18?;/m1./s1. The van der Waals surface area contributed by atoms with Crippen LogP contribution in [0.4, 0.5) is 5.82 Å². The van der Waals surface area contributed by atoms with Gasteiger partial charge in [0, 0.05) is 49.8 Å². The van der Waals surface area contributed by atoms with Crippen molar-refractivity contribution in [3.63, 3.8) is 0 Å². The van der Waals surface area contributed by atoms with Crippen LogP contribution in [0.1, 0.15) is 47.4 Å². The van der Waals surface area contributed by atoms with E-state index in [1.807, 2.05) is 37.3 Å². The first-order chi connectivity index (χ1) is 16.5. The lowest BCUT2D eigenvalue weighted by Gasteiger charge is -2.16. The third kappa shape index (κ3) is 5.78. The Balaban J connectivity index is 0.00000342. The van der Waals surface area contributed by atoms with Gasteiger partial charge in [0.25, 0.3) is 5.91 Å². The van der Waals surface area contributed by atoms with E-state index < -0.39 is 0 Å². The van der Waals surface area contributed by atoms with Crippen molar-refractivity contribution in [2.24, 2.45) is 0 Å². The predicted molar refractivity (Wildman–Crippen MR) is 145 cm³/mol. The molecule has 8 heteroatoms. The second kappa shape index (κ2) is 11.8. The number of ether oxygens (including phenoxy) is 1. The number of nitrogens with one attached hydrogen (secondary N) is 2. The van der Waals surface area contributed by atoms with E-state index in [2.05, 4.69) is 50.7 Å². The molecular formula is C27H31N5O2S. The Kier molecular flexibility index (Phi) is 8.78. The van der Waals surface area contributed by atoms with Crippen LogP contribution >= 0.6 is 13.5 Å². The average Bonchev–Trinajstić information content (AvgIpc) is 2.90. The van der Waals surface area contributed by atoms with Crippen LogP contribution in [0.5, 0.6) is 0 Å². The fourth-order valence-corrected chi connectivity index (χ4v) is 3.97. The van der Waals surface area contributed by atoms with Crippen LogP contribution in [0.15, 0.2) is 67.1 Å². The zero-order valence-corrected chi connectivity index (χ0v) is 21.4. The van der Waals surface area contributed by atoms with Gasteiger partial charge in [0.2, 0.25) is 0 Å². The topological polar surface area (TPSA) is 89.0 Å². The van der Waals surface area contributed by atoms with Crippen LogP contribution in [0.2, 0.25) is 0 Å². The number of benzene rings is 2. The van der Waals surface area contributed by atoms with Crippen molar-refractivity contribution in [1.29, 1.82) is 0 Å². The number of rotatable bonds is 8. The molecule has 2 aromatic heterocycles. The smallest absolute Gasteiger partial charge is 0.251 e. The Hall–Kier alpha value is -3.49. The summed E-state index contributed by atoms with van der Waals surface area (Å²) in [5, 5.41) is 6.98. The van der Waals surface area contributed by atoms with Gasteiger partial charge in [-0.1, -0.05) is 49.4 Å². The molecule has 2 atom stereocenters. The normalized spacial score (nSPS) is 12.5. The van der Waals surface area contributed by atoms with E-state index in [0.717, 1.165) is 39.1 Å². The van der Waals surface area contributed by atoms with Gasteiger partial charge in [-0.3, -0.25) is 9.78 Å². The number of nitrogens with zero attached hydrogens (tertiary/aromatic N) is 3. The first kappa shape index (κ1) is 26.1. The summed E-state index contributed by atoms with van der Waals surface area (Å²) in [4.78, 5) is 25.7. The van der Waals surface area contributed by atoms with Crippen molar-refractivity contribution in [3.8, 4) is 11.3 Å². The highest BCUT2D eigenvalue weighted by Crippen LogP contribution is 2.27. The van der Waals surface area contributed by atoms with Crippen LogP contribution in [-0.4, -0.2) is 41.6 Å². The molecule has 182 valence electrons. The Morgan fingerprint density at radius 1 is 1.03 bits per heavy atom. The molecule has 2 heterocycles. The Labute approximate surface area is 212 Å². The fraction of sp³-hybridized carbons (Fsp3) is 0.259. The quantitative estimate of drug-likeness (QED) is 0.359. The van der Waals surface area contributed by atoms with Crippen LogP contribution in [0, 0.1) is 0 Å². The molecule has 2 N–H and O–H groups in total. The minimum Gasteiger partial charge on any atom is -0.377 e. The molecule has 0 aliphatic rings. The molecule has 35 heavy (non-hydrogen) atoms. The Morgan fingerprint density at radius 2 is 1.80 bits per heavy atom. The molecule has 0 fully saturated rings. The number of para-hydroxylation sites is 1. The van der Waals surface area contributed by atoms with Gasteiger partial charge in [0.15, 0.2) is 0 Å². The molecule has 1 amide bonds. The molecule has 0 saturated carbocycles. The summed E-state index contributed by atoms with van der Waals surface area (Å²) >= 11 is 0. The minimum atomic E-state index is -0.117. The maximum atomic E-state index is 12.3. The first-order valence-electron chi connectivity index (χ1n) is 11.3. The summed E-state index contributed by atoms with van der Waals surface area (Å²) < 4.78 is 5.38. The van der Waals surface area contributed by atoms with E-state index >= 15 is 0 Å². The highest BCUT2D eigenvalue weighted by Gasteiger charge is 2.15. The lowest BCUT2D eigenvalue weighted by molar-refractivity contribution is 0.0964. The Morgan fingerprint density at radius 3 is 2.51 bits per heavy atom. The molecule has 2 aromatic carbocycles. The summed E-state index contributed by atoms with van der Waals surface area (Å²) in [5.41, 5.74) is 5.53. The van der Waals surface area contributed by atoms with Gasteiger partial charge in [-0.05, 0) is 24.1 Å². The van der Waals surface area contributed by atoms with E-state index in [9.17, 15) is 4.79 Å². The van der Waals surface area contributed by atoms with Gasteiger partial charge < -0.3 is 15.4 Å². The third-order valence-corrected chi connectivity index (χ3v) is 6.09. The van der Waals surface area contributed by atoms with Crippen LogP contribution < -0.4 is 10.6 Å². The van der Waals surface area contributed by atoms with E-state index in [1.54, 1.807) is 32.7 Å². The van der Waals surface area contributed by atoms with Crippen LogP contribution in [-0.2, 0) is 4.74 Å². The molecule has 0 radical (unpaired) electrons. The maximum Gasteiger partial charge on any atom is 0.251 e. The van der Waals surface area contributed by atoms with Gasteiger partial charge in [-0.2, -0.15) is 13.5 Å². The zero-order chi connectivity index (χ0) is 24.1. The first-order valence-corrected chi connectivity index (χ1v) is 11.3. The number of carbonyl (C=O) groups excluding carboxylic acids is 1. The van der Waals surface area contributed by atoms with Crippen molar-refractivity contribution >= 4 is 36.1 Å². The van der Waals surface area contributed by atoms with Crippen molar-refractivity contribution in [2.45, 2.75) is 25.9 Å². The van der Waals surface area contributed by atoms with E-state index in [-0.39, 0.29) is 31.4 Å². The van der Waals surface area contributed by atoms with Gasteiger partial charge in [0.1, 0.15) is 12.1 Å². The summed E-state index contributed by atoms with van der Waals surface area (Å²) in [7, 11) is 3.34. The summed E-state index contributed by atoms with van der Waals surface area (Å²) in [6.45, 7) is 4.81. The number of fused-ring (bicyclic) bond motifs is 1. The third-order valence-electron chi connectivity index (χ3n) is 6.09. The molecule has 0 bridgehead atoms. The molecule has 4 rings (SSSR count). The van der Waals surface area contributed by atoms with Crippen LogP contribution in [0.3, 0.4) is 0 Å². The number of amides is 1. The molecular weight excluding hydrogens is 458 g/mol. The van der Waals surface area contributed by atoms with Gasteiger partial charge in [0.05, 0.1) is 22.9 Å². The highest BCUT2D eigenvalue weighted by atomic mass is 32.1. The zero-order valence-electron chi connectivity index (χ0n) is 20.4. The van der Waals surface area contributed by atoms with Crippen LogP contribution in [0.25, 0.3) is 22.2 Å². The molecule has 0 aliphatic carbocycles. The summed E-state index contributed by atoms with van der Waals surface area (Å²) in [6.07, 6.45) is 3.31. The number of hydrogen-bond donors (Lipinski definition) is 2. The number of anilines is 1. The number of hydrogen-bond acceptors (Lipinski definition) is 6. The number of pyridine rings is 1. The molecule has 0 spiro atoms. The number of aromatic nitrogens is 3. The molecule has 4 aromatic rings. The van der Waals surface area contributed by atoms with Crippen molar-refractivity contribution in [2.75, 3.05) is 26.0 Å². The van der Waals surface area contributed by atoms with Gasteiger partial charge in [-0.15, -0.1) is 0 Å². The SMILES string of the molecule is CNC(=O)c1ccnc2c([C@H](C)CNc3cc(-c4ccc(C(C)OC)cc4)ncn3)cccc12.S. The predicted octanol–water partition coefficient (Wildman–Crippen LogP) is 5.09.